The lowest BCUT2D eigenvalue weighted by Crippen LogP contribution is -2.40. The summed E-state index contributed by atoms with van der Waals surface area (Å²) in [5, 5.41) is 25.4. The van der Waals surface area contributed by atoms with Crippen LogP contribution in [0, 0.1) is 6.92 Å². The normalized spacial score (nSPS) is 12.9. The van der Waals surface area contributed by atoms with E-state index in [1.54, 1.807) is 0 Å². The molecule has 0 saturated carbocycles. The van der Waals surface area contributed by atoms with Gasteiger partial charge >= 0.3 is 0 Å². The zero-order valence-corrected chi connectivity index (χ0v) is 22.5. The van der Waals surface area contributed by atoms with Crippen molar-refractivity contribution in [2.75, 3.05) is 26.3 Å². The summed E-state index contributed by atoms with van der Waals surface area (Å²) in [6.45, 7) is 13.3. The van der Waals surface area contributed by atoms with Crippen molar-refractivity contribution in [1.82, 2.24) is 25.4 Å². The Labute approximate surface area is 209 Å². The molecule has 2 rings (SSSR count). The van der Waals surface area contributed by atoms with Crippen molar-refractivity contribution in [3.05, 3.63) is 47.0 Å². The van der Waals surface area contributed by atoms with E-state index in [9.17, 15) is 5.11 Å². The van der Waals surface area contributed by atoms with Gasteiger partial charge in [-0.3, -0.25) is 0 Å². The van der Waals surface area contributed by atoms with Crippen LogP contribution in [-0.4, -0.2) is 52.1 Å². The molecule has 1 heterocycles. The molecule has 9 heteroatoms. The molecular formula is C23H39IN6O2. The van der Waals surface area contributed by atoms with Crippen LogP contribution in [0.5, 0.6) is 0 Å². The van der Waals surface area contributed by atoms with Crippen molar-refractivity contribution in [3.63, 3.8) is 0 Å². The Kier molecular flexibility index (Phi) is 12.2. The fourth-order valence-electron chi connectivity index (χ4n) is 2.95. The van der Waals surface area contributed by atoms with E-state index in [-0.39, 0.29) is 29.4 Å². The van der Waals surface area contributed by atoms with Crippen LogP contribution in [0.15, 0.2) is 29.3 Å². The average Bonchev–Trinajstić information content (AvgIpc) is 3.06. The molecule has 0 radical (unpaired) electrons. The molecule has 0 saturated heterocycles. The fourth-order valence-corrected chi connectivity index (χ4v) is 2.95. The molecule has 32 heavy (non-hydrogen) atoms. The molecule has 2 aromatic rings. The van der Waals surface area contributed by atoms with E-state index < -0.39 is 6.10 Å². The summed E-state index contributed by atoms with van der Waals surface area (Å²) >= 11 is 0. The molecule has 0 spiro atoms. The molecule has 0 aliphatic rings. The van der Waals surface area contributed by atoms with Crippen molar-refractivity contribution in [2.45, 2.75) is 59.1 Å². The van der Waals surface area contributed by atoms with Crippen LogP contribution >= 0.6 is 24.0 Å². The standard InChI is InChI=1S/C23H38N6O2.HI/c1-7-31-14-8-13-24-22(26-16-21-28-27-17(2)29(21)6)25-15-20(30)18-9-11-19(12-10-18)23(3,4)5;/h9-12,20,30H,7-8,13-16H2,1-6H3,(H2,24,25,26);1H. The molecule has 3 N–H and O–H groups in total. The number of hydrogen-bond donors (Lipinski definition) is 3. The summed E-state index contributed by atoms with van der Waals surface area (Å²) in [6, 6.07) is 8.13. The highest BCUT2D eigenvalue weighted by Crippen LogP contribution is 2.23. The smallest absolute Gasteiger partial charge is 0.191 e. The molecule has 0 fully saturated rings. The van der Waals surface area contributed by atoms with Crippen molar-refractivity contribution in [1.29, 1.82) is 0 Å². The fraction of sp³-hybridized carbons (Fsp3) is 0.609. The Morgan fingerprint density at radius 1 is 1.19 bits per heavy atom. The number of guanidine groups is 1. The van der Waals surface area contributed by atoms with Gasteiger partial charge < -0.3 is 25.0 Å². The minimum absolute atomic E-state index is 0. The van der Waals surface area contributed by atoms with Crippen molar-refractivity contribution in [3.8, 4) is 0 Å². The first-order valence-corrected chi connectivity index (χ1v) is 11.0. The third-order valence-electron chi connectivity index (χ3n) is 5.15. The molecule has 8 nitrogen and oxygen atoms in total. The number of nitrogens with zero attached hydrogens (tertiary/aromatic N) is 4. The van der Waals surface area contributed by atoms with Gasteiger partial charge in [-0.2, -0.15) is 0 Å². The van der Waals surface area contributed by atoms with Crippen molar-refractivity contribution >= 4 is 29.9 Å². The first kappa shape index (κ1) is 28.3. The highest BCUT2D eigenvalue weighted by atomic mass is 127. The van der Waals surface area contributed by atoms with Crippen LogP contribution in [0.3, 0.4) is 0 Å². The predicted octanol–water partition coefficient (Wildman–Crippen LogP) is 3.23. The van der Waals surface area contributed by atoms with Gasteiger partial charge in [0.05, 0.1) is 6.10 Å². The number of hydrogen-bond acceptors (Lipinski definition) is 5. The largest absolute Gasteiger partial charge is 0.387 e. The Balaban J connectivity index is 0.00000512. The van der Waals surface area contributed by atoms with Gasteiger partial charge in [0, 0.05) is 33.4 Å². The third-order valence-corrected chi connectivity index (χ3v) is 5.15. The molecule has 0 aliphatic heterocycles. The zero-order chi connectivity index (χ0) is 22.9. The maximum absolute atomic E-state index is 10.6. The monoisotopic (exact) mass is 558 g/mol. The summed E-state index contributed by atoms with van der Waals surface area (Å²) in [5.41, 5.74) is 2.21. The molecule has 1 aromatic heterocycles. The lowest BCUT2D eigenvalue weighted by atomic mass is 9.86. The van der Waals surface area contributed by atoms with Gasteiger partial charge in [0.1, 0.15) is 12.4 Å². The van der Waals surface area contributed by atoms with Gasteiger partial charge in [0.25, 0.3) is 0 Å². The number of rotatable bonds is 10. The number of halogens is 1. The highest BCUT2D eigenvalue weighted by Gasteiger charge is 2.15. The SMILES string of the molecule is CCOCCCNC(=NCc1nnc(C)n1C)NCC(O)c1ccc(C(C)(C)C)cc1.I. The van der Waals surface area contributed by atoms with E-state index in [1.807, 2.05) is 37.6 Å². The number of ether oxygens (including phenoxy) is 1. The number of aliphatic imine (C=N–C) groups is 1. The summed E-state index contributed by atoms with van der Waals surface area (Å²) in [4.78, 5) is 4.62. The Bertz CT molecular complexity index is 830. The highest BCUT2D eigenvalue weighted by molar-refractivity contribution is 14.0. The lowest BCUT2D eigenvalue weighted by molar-refractivity contribution is 0.145. The van der Waals surface area contributed by atoms with E-state index in [0.717, 1.165) is 30.2 Å². The van der Waals surface area contributed by atoms with Gasteiger partial charge in [0.15, 0.2) is 11.8 Å². The number of nitrogens with one attached hydrogen (secondary N) is 2. The molecule has 0 bridgehead atoms. The van der Waals surface area contributed by atoms with Crippen molar-refractivity contribution in [2.24, 2.45) is 12.0 Å². The maximum Gasteiger partial charge on any atom is 0.191 e. The number of aliphatic hydroxyl groups excluding tert-OH is 1. The molecule has 1 unspecified atom stereocenters. The number of aliphatic hydroxyl groups is 1. The lowest BCUT2D eigenvalue weighted by Gasteiger charge is -2.20. The topological polar surface area (TPSA) is 96.6 Å². The van der Waals surface area contributed by atoms with E-state index >= 15 is 0 Å². The summed E-state index contributed by atoms with van der Waals surface area (Å²) < 4.78 is 7.31. The van der Waals surface area contributed by atoms with E-state index in [0.29, 0.717) is 32.3 Å². The van der Waals surface area contributed by atoms with Gasteiger partial charge in [0.2, 0.25) is 0 Å². The summed E-state index contributed by atoms with van der Waals surface area (Å²) in [7, 11) is 1.92. The molecule has 180 valence electrons. The van der Waals surface area contributed by atoms with Crippen LogP contribution < -0.4 is 10.6 Å². The summed E-state index contributed by atoms with van der Waals surface area (Å²) in [6.07, 6.45) is 0.232. The second-order valence-electron chi connectivity index (χ2n) is 8.63. The van der Waals surface area contributed by atoms with E-state index in [2.05, 4.69) is 58.7 Å². The molecule has 0 amide bonds. The number of aryl methyl sites for hydroxylation is 1. The van der Waals surface area contributed by atoms with Crippen LogP contribution in [0.2, 0.25) is 0 Å². The molecule has 1 atom stereocenters. The van der Waals surface area contributed by atoms with Gasteiger partial charge in [-0.25, -0.2) is 4.99 Å². The Hall–Kier alpha value is -1.72. The van der Waals surface area contributed by atoms with Crippen LogP contribution in [-0.2, 0) is 23.7 Å². The van der Waals surface area contributed by atoms with Crippen LogP contribution in [0.4, 0.5) is 0 Å². The second kappa shape index (κ2) is 13.7. The quantitative estimate of drug-likeness (QED) is 0.179. The Morgan fingerprint density at radius 2 is 1.88 bits per heavy atom. The van der Waals surface area contributed by atoms with Crippen molar-refractivity contribution < 1.29 is 9.84 Å². The minimum atomic E-state index is -0.637. The van der Waals surface area contributed by atoms with E-state index in [4.69, 9.17) is 4.74 Å². The maximum atomic E-state index is 10.6. The van der Waals surface area contributed by atoms with Gasteiger partial charge in [-0.05, 0) is 36.8 Å². The zero-order valence-electron chi connectivity index (χ0n) is 20.2. The average molecular weight is 559 g/mol. The summed E-state index contributed by atoms with van der Waals surface area (Å²) in [5.74, 6) is 2.26. The minimum Gasteiger partial charge on any atom is -0.387 e. The molecule has 0 aliphatic carbocycles. The van der Waals surface area contributed by atoms with Gasteiger partial charge in [-0.1, -0.05) is 45.0 Å². The number of benzene rings is 1. The van der Waals surface area contributed by atoms with Gasteiger partial charge in [-0.15, -0.1) is 34.2 Å². The first-order chi connectivity index (χ1) is 14.7. The van der Waals surface area contributed by atoms with E-state index in [1.165, 1.54) is 5.56 Å². The number of aromatic nitrogens is 3. The second-order valence-corrected chi connectivity index (χ2v) is 8.63. The van der Waals surface area contributed by atoms with Crippen LogP contribution in [0.1, 0.15) is 63.0 Å². The van der Waals surface area contributed by atoms with Crippen LogP contribution in [0.25, 0.3) is 0 Å². The Morgan fingerprint density at radius 3 is 2.44 bits per heavy atom. The first-order valence-electron chi connectivity index (χ1n) is 11.0. The molecular weight excluding hydrogens is 519 g/mol. The molecule has 1 aromatic carbocycles. The third kappa shape index (κ3) is 9.03. The predicted molar refractivity (Wildman–Crippen MR) is 140 cm³/mol.